The van der Waals surface area contributed by atoms with Crippen molar-refractivity contribution in [3.05, 3.63) is 0 Å². The maximum absolute atomic E-state index is 12.5. The number of ether oxygens (including phenoxy) is 1. The van der Waals surface area contributed by atoms with E-state index in [-0.39, 0.29) is 5.91 Å². The van der Waals surface area contributed by atoms with Crippen molar-refractivity contribution in [2.45, 2.75) is 154 Å². The molecule has 0 aromatic carbocycles. The molecule has 0 fully saturated rings. The number of esters is 1. The highest BCUT2D eigenvalue weighted by Gasteiger charge is 2.24. The third-order valence-electron chi connectivity index (χ3n) is 6.79. The lowest BCUT2D eigenvalue weighted by Gasteiger charge is -2.19. The highest BCUT2D eigenvalue weighted by molar-refractivity contribution is 5.84. The highest BCUT2D eigenvalue weighted by Crippen LogP contribution is 2.15. The molecule has 0 saturated heterocycles. The van der Waals surface area contributed by atoms with Crippen molar-refractivity contribution >= 4 is 11.9 Å². The Bertz CT molecular complexity index is 511. The lowest BCUT2D eigenvalue weighted by Crippen LogP contribution is -2.40. The van der Waals surface area contributed by atoms with Crippen molar-refractivity contribution in [3.8, 4) is 0 Å². The first kappa shape index (κ1) is 34.9. The van der Waals surface area contributed by atoms with Crippen LogP contribution in [0.5, 0.6) is 0 Å². The zero-order chi connectivity index (χ0) is 26.9. The number of unbranched alkanes of at least 4 members (excludes halogenated alkanes) is 17. The van der Waals surface area contributed by atoms with E-state index in [1.54, 1.807) is 0 Å². The number of nitrogens with one attached hydrogen (secondary N) is 1. The third-order valence-corrected chi connectivity index (χ3v) is 6.79. The van der Waals surface area contributed by atoms with Crippen LogP contribution in [-0.4, -0.2) is 61.3 Å². The molecule has 0 aliphatic heterocycles. The van der Waals surface area contributed by atoms with Crippen LogP contribution in [0.25, 0.3) is 0 Å². The van der Waals surface area contributed by atoms with Crippen molar-refractivity contribution in [2.75, 3.05) is 27.2 Å². The van der Waals surface area contributed by atoms with Crippen LogP contribution in [0.2, 0.25) is 0 Å². The van der Waals surface area contributed by atoms with Crippen molar-refractivity contribution in [1.29, 1.82) is 0 Å². The molecule has 1 amide bonds. The van der Waals surface area contributed by atoms with Gasteiger partial charge in [0.15, 0.2) is 6.10 Å². The molecular weight excluding hydrogens is 452 g/mol. The van der Waals surface area contributed by atoms with Gasteiger partial charge in [0.25, 0.3) is 5.91 Å². The van der Waals surface area contributed by atoms with Crippen molar-refractivity contribution < 1.29 is 19.4 Å². The summed E-state index contributed by atoms with van der Waals surface area (Å²) in [5.41, 5.74) is 0. The van der Waals surface area contributed by atoms with Gasteiger partial charge in [-0.1, -0.05) is 116 Å². The van der Waals surface area contributed by atoms with Gasteiger partial charge >= 0.3 is 5.97 Å². The molecule has 0 rings (SSSR count). The van der Waals surface area contributed by atoms with Crippen LogP contribution in [-0.2, 0) is 14.3 Å². The summed E-state index contributed by atoms with van der Waals surface area (Å²) in [6, 6.07) is 0. The second-order valence-corrected chi connectivity index (χ2v) is 10.8. The maximum atomic E-state index is 12.5. The van der Waals surface area contributed by atoms with Crippen molar-refractivity contribution in [1.82, 2.24) is 10.2 Å². The first-order valence-corrected chi connectivity index (χ1v) is 15.2. The fourth-order valence-electron chi connectivity index (χ4n) is 4.43. The molecule has 0 aromatic heterocycles. The smallest absolute Gasteiger partial charge is 0.335 e. The van der Waals surface area contributed by atoms with E-state index in [4.69, 9.17) is 4.74 Å². The first-order valence-electron chi connectivity index (χ1n) is 15.2. The second-order valence-electron chi connectivity index (χ2n) is 10.8. The molecule has 214 valence electrons. The minimum absolute atomic E-state index is 0.255. The van der Waals surface area contributed by atoms with E-state index in [1.807, 2.05) is 14.1 Å². The van der Waals surface area contributed by atoms with E-state index in [2.05, 4.69) is 17.1 Å². The molecule has 0 radical (unpaired) electrons. The number of amides is 1. The Balaban J connectivity index is 3.73. The summed E-state index contributed by atoms with van der Waals surface area (Å²) in [6.07, 6.45) is 23.0. The van der Waals surface area contributed by atoms with Crippen molar-refractivity contribution in [2.24, 2.45) is 0 Å². The molecule has 0 aromatic rings. The fourth-order valence-corrected chi connectivity index (χ4v) is 4.43. The molecule has 0 spiro atoms. The number of hydrogen-bond donors (Lipinski definition) is 2. The Labute approximate surface area is 223 Å². The predicted molar refractivity (Wildman–Crippen MR) is 151 cm³/mol. The number of rotatable bonds is 26. The number of carbonyl (C=O) groups is 2. The van der Waals surface area contributed by atoms with E-state index in [9.17, 15) is 14.7 Å². The Kier molecular flexibility index (Phi) is 24.7. The summed E-state index contributed by atoms with van der Waals surface area (Å²) in [6.45, 7) is 5.08. The van der Waals surface area contributed by atoms with Gasteiger partial charge in [-0.15, -0.1) is 0 Å². The Morgan fingerprint density at radius 3 is 1.53 bits per heavy atom. The zero-order valence-electron chi connectivity index (χ0n) is 24.3. The van der Waals surface area contributed by atoms with Crippen LogP contribution in [0.15, 0.2) is 0 Å². The van der Waals surface area contributed by atoms with Crippen LogP contribution in [0, 0.1) is 0 Å². The minimum Gasteiger partial charge on any atom is -0.450 e. The minimum atomic E-state index is -1.21. The average molecular weight is 513 g/mol. The summed E-state index contributed by atoms with van der Waals surface area (Å²) in [7, 11) is 3.99. The van der Waals surface area contributed by atoms with Crippen LogP contribution in [0.4, 0.5) is 0 Å². The van der Waals surface area contributed by atoms with Gasteiger partial charge in [0.05, 0.1) is 0 Å². The van der Waals surface area contributed by atoms with E-state index < -0.39 is 18.2 Å². The van der Waals surface area contributed by atoms with E-state index in [0.717, 1.165) is 32.2 Å². The fraction of sp³-hybridized carbons (Fsp3) is 0.933. The van der Waals surface area contributed by atoms with Gasteiger partial charge in [0.1, 0.15) is 6.10 Å². The molecule has 0 heterocycles. The number of aliphatic hydroxyl groups is 1. The van der Waals surface area contributed by atoms with Crippen LogP contribution >= 0.6 is 0 Å². The highest BCUT2D eigenvalue weighted by atomic mass is 16.6. The Morgan fingerprint density at radius 2 is 1.14 bits per heavy atom. The SMILES string of the molecule is CCCCCCCCCCCCCCCCCCCCC(OC(=O)C(C)O)C(=O)NCCCN(C)C. The van der Waals surface area contributed by atoms with Gasteiger partial charge in [-0.05, 0) is 46.8 Å². The standard InChI is InChI=1S/C30H60N2O4/c1-5-6-7-8-9-10-11-12-13-14-15-16-17-18-19-20-21-22-24-28(36-30(35)27(2)33)29(34)31-25-23-26-32(3)4/h27-28,33H,5-26H2,1-4H3,(H,31,34). The van der Waals surface area contributed by atoms with Crippen LogP contribution in [0.1, 0.15) is 142 Å². The normalized spacial score (nSPS) is 13.1. The summed E-state index contributed by atoms with van der Waals surface area (Å²) in [4.78, 5) is 26.4. The topological polar surface area (TPSA) is 78.9 Å². The summed E-state index contributed by atoms with van der Waals surface area (Å²) < 4.78 is 5.27. The molecule has 6 heteroatoms. The summed E-state index contributed by atoms with van der Waals surface area (Å²) >= 11 is 0. The van der Waals surface area contributed by atoms with E-state index in [0.29, 0.717) is 13.0 Å². The lowest BCUT2D eigenvalue weighted by atomic mass is 10.0. The molecule has 2 N–H and O–H groups in total. The number of carbonyl (C=O) groups excluding carboxylic acids is 2. The van der Waals surface area contributed by atoms with Gasteiger partial charge in [-0.3, -0.25) is 4.79 Å². The molecule has 36 heavy (non-hydrogen) atoms. The number of aliphatic hydroxyl groups excluding tert-OH is 1. The molecule has 0 aliphatic carbocycles. The molecule has 0 saturated carbocycles. The monoisotopic (exact) mass is 512 g/mol. The first-order chi connectivity index (χ1) is 17.4. The average Bonchev–Trinajstić information content (AvgIpc) is 2.84. The van der Waals surface area contributed by atoms with Gasteiger partial charge in [0.2, 0.25) is 0 Å². The van der Waals surface area contributed by atoms with E-state index in [1.165, 1.54) is 103 Å². The molecule has 0 aliphatic rings. The van der Waals surface area contributed by atoms with E-state index >= 15 is 0 Å². The third kappa shape index (κ3) is 23.3. The van der Waals surface area contributed by atoms with Crippen molar-refractivity contribution in [3.63, 3.8) is 0 Å². The van der Waals surface area contributed by atoms with Crippen LogP contribution in [0.3, 0.4) is 0 Å². The number of hydrogen-bond acceptors (Lipinski definition) is 5. The second kappa shape index (κ2) is 25.5. The Hall–Kier alpha value is -1.14. The predicted octanol–water partition coefficient (Wildman–Crippen LogP) is 6.78. The molecular formula is C30H60N2O4. The van der Waals surface area contributed by atoms with Gasteiger partial charge in [0, 0.05) is 6.54 Å². The zero-order valence-corrected chi connectivity index (χ0v) is 24.3. The molecule has 6 nitrogen and oxygen atoms in total. The molecule has 0 bridgehead atoms. The number of nitrogens with zero attached hydrogens (tertiary/aromatic N) is 1. The molecule has 2 atom stereocenters. The largest absolute Gasteiger partial charge is 0.450 e. The quantitative estimate of drug-likeness (QED) is 0.0986. The maximum Gasteiger partial charge on any atom is 0.335 e. The Morgan fingerprint density at radius 1 is 0.722 bits per heavy atom. The summed E-state index contributed by atoms with van der Waals surface area (Å²) in [5.74, 6) is -0.986. The lowest BCUT2D eigenvalue weighted by molar-refractivity contribution is -0.163. The van der Waals surface area contributed by atoms with Crippen LogP contribution < -0.4 is 5.32 Å². The summed E-state index contributed by atoms with van der Waals surface area (Å²) in [5, 5.41) is 12.3. The van der Waals surface area contributed by atoms with Gasteiger partial charge in [-0.25, -0.2) is 4.79 Å². The molecule has 2 unspecified atom stereocenters. The van der Waals surface area contributed by atoms with Gasteiger partial charge < -0.3 is 20.1 Å². The van der Waals surface area contributed by atoms with Gasteiger partial charge in [-0.2, -0.15) is 0 Å².